The van der Waals surface area contributed by atoms with Gasteiger partial charge < -0.3 is 4.42 Å². The lowest BCUT2D eigenvalue weighted by Crippen LogP contribution is -2.14. The molecule has 44 heavy (non-hydrogen) atoms. The van der Waals surface area contributed by atoms with E-state index in [9.17, 15) is 0 Å². The van der Waals surface area contributed by atoms with Crippen LogP contribution in [0.2, 0.25) is 0 Å². The van der Waals surface area contributed by atoms with Crippen molar-refractivity contribution < 1.29 is 4.42 Å². The largest absolute Gasteiger partial charge is 0.456 e. The third-order valence-electron chi connectivity index (χ3n) is 10.2. The summed E-state index contributed by atoms with van der Waals surface area (Å²) in [4.78, 5) is 0. The van der Waals surface area contributed by atoms with E-state index in [2.05, 4.69) is 147 Å². The van der Waals surface area contributed by atoms with E-state index in [-0.39, 0.29) is 5.41 Å². The van der Waals surface area contributed by atoms with Crippen molar-refractivity contribution in [1.29, 1.82) is 0 Å². The topological polar surface area (TPSA) is 13.1 Å². The molecule has 9 aromatic rings. The Balaban J connectivity index is 1.40. The first-order valence-corrected chi connectivity index (χ1v) is 15.4. The zero-order valence-electron chi connectivity index (χ0n) is 24.6. The van der Waals surface area contributed by atoms with Crippen LogP contribution in [-0.4, -0.2) is 0 Å². The molecule has 0 amide bonds. The van der Waals surface area contributed by atoms with E-state index in [0.717, 1.165) is 11.2 Å². The minimum absolute atomic E-state index is 0.137. The van der Waals surface area contributed by atoms with Gasteiger partial charge in [0.05, 0.1) is 0 Å². The standard InChI is InChI=1S/C43H28O/c1-43(2)34-14-8-6-12-32(34)40-35(43)24-37-41(33-13-7-9-15-36(33)44-37)42(40)31-23-19-27-17-21-29-28(25-10-4-3-5-11-25)20-16-26-18-22-30(31)39(27)38(26)29/h3-24H,1-2H3. The van der Waals surface area contributed by atoms with Crippen molar-refractivity contribution in [2.24, 2.45) is 0 Å². The minimum atomic E-state index is -0.137. The monoisotopic (exact) mass is 560 g/mol. The predicted octanol–water partition coefficient (Wildman–Crippen LogP) is 12.1. The summed E-state index contributed by atoms with van der Waals surface area (Å²) in [6.45, 7) is 4.70. The molecule has 0 saturated carbocycles. The molecule has 10 rings (SSSR count). The Morgan fingerprint density at radius 1 is 0.432 bits per heavy atom. The van der Waals surface area contributed by atoms with Crippen molar-refractivity contribution >= 4 is 54.3 Å². The zero-order chi connectivity index (χ0) is 29.2. The van der Waals surface area contributed by atoms with Crippen molar-refractivity contribution in [1.82, 2.24) is 0 Å². The average Bonchev–Trinajstić information content (AvgIpc) is 3.55. The fourth-order valence-electron chi connectivity index (χ4n) is 8.21. The Morgan fingerprint density at radius 2 is 1.07 bits per heavy atom. The quantitative estimate of drug-likeness (QED) is 0.192. The van der Waals surface area contributed by atoms with Gasteiger partial charge in [0, 0.05) is 21.8 Å². The molecule has 0 bridgehead atoms. The second-order valence-corrected chi connectivity index (χ2v) is 12.8. The maximum atomic E-state index is 6.62. The molecule has 8 aromatic carbocycles. The maximum absolute atomic E-state index is 6.62. The zero-order valence-corrected chi connectivity index (χ0v) is 24.6. The second kappa shape index (κ2) is 8.36. The lowest BCUT2D eigenvalue weighted by molar-refractivity contribution is 0.647. The Morgan fingerprint density at radius 3 is 1.86 bits per heavy atom. The van der Waals surface area contributed by atoms with Gasteiger partial charge in [0.25, 0.3) is 0 Å². The van der Waals surface area contributed by atoms with Gasteiger partial charge in [-0.3, -0.25) is 0 Å². The summed E-state index contributed by atoms with van der Waals surface area (Å²) in [5, 5.41) is 10.2. The van der Waals surface area contributed by atoms with E-state index in [0.29, 0.717) is 0 Å². The Bertz CT molecular complexity index is 2620. The maximum Gasteiger partial charge on any atom is 0.136 e. The van der Waals surface area contributed by atoms with Crippen molar-refractivity contribution in [3.8, 4) is 33.4 Å². The van der Waals surface area contributed by atoms with Crippen LogP contribution in [0.5, 0.6) is 0 Å². The lowest BCUT2D eigenvalue weighted by Gasteiger charge is -2.22. The van der Waals surface area contributed by atoms with Crippen LogP contribution < -0.4 is 0 Å². The van der Waals surface area contributed by atoms with Gasteiger partial charge >= 0.3 is 0 Å². The molecule has 0 fully saturated rings. The Kier molecular flexibility index (Phi) is 4.58. The Hall–Kier alpha value is -5.40. The lowest BCUT2D eigenvalue weighted by atomic mass is 9.80. The molecule has 1 heterocycles. The van der Waals surface area contributed by atoms with E-state index in [1.165, 1.54) is 87.6 Å². The summed E-state index contributed by atoms with van der Waals surface area (Å²) < 4.78 is 6.62. The highest BCUT2D eigenvalue weighted by Crippen LogP contribution is 2.56. The fraction of sp³-hybridized carbons (Fsp3) is 0.0698. The molecule has 0 radical (unpaired) electrons. The second-order valence-electron chi connectivity index (χ2n) is 12.8. The van der Waals surface area contributed by atoms with Crippen LogP contribution in [0.25, 0.3) is 87.6 Å². The SMILES string of the molecule is CC1(C)c2ccccc2-c2c1cc1oc3ccccc3c1c2-c1ccc2ccc3c(-c4ccccc4)ccc4ccc1c2c43. The smallest absolute Gasteiger partial charge is 0.136 e. The average molecular weight is 561 g/mol. The van der Waals surface area contributed by atoms with E-state index in [1.54, 1.807) is 0 Å². The predicted molar refractivity (Wildman–Crippen MR) is 186 cm³/mol. The normalized spacial score (nSPS) is 13.9. The van der Waals surface area contributed by atoms with E-state index in [4.69, 9.17) is 4.42 Å². The summed E-state index contributed by atoms with van der Waals surface area (Å²) in [6.07, 6.45) is 0. The van der Waals surface area contributed by atoms with Gasteiger partial charge in [-0.15, -0.1) is 0 Å². The van der Waals surface area contributed by atoms with Crippen molar-refractivity contribution in [2.45, 2.75) is 19.3 Å². The molecule has 1 nitrogen and oxygen atoms in total. The molecule has 206 valence electrons. The molecule has 0 atom stereocenters. The van der Waals surface area contributed by atoms with Crippen molar-refractivity contribution in [3.05, 3.63) is 145 Å². The molecule has 1 aliphatic rings. The number of hydrogen-bond donors (Lipinski definition) is 0. The number of furan rings is 1. The third-order valence-corrected chi connectivity index (χ3v) is 10.2. The van der Waals surface area contributed by atoms with Crippen molar-refractivity contribution in [2.75, 3.05) is 0 Å². The van der Waals surface area contributed by atoms with Crippen LogP contribution in [-0.2, 0) is 5.41 Å². The number of benzene rings is 8. The highest BCUT2D eigenvalue weighted by atomic mass is 16.3. The van der Waals surface area contributed by atoms with Gasteiger partial charge in [0.1, 0.15) is 11.2 Å². The minimum Gasteiger partial charge on any atom is -0.456 e. The first-order chi connectivity index (χ1) is 21.6. The molecule has 0 saturated heterocycles. The highest BCUT2D eigenvalue weighted by molar-refractivity contribution is 6.29. The molecule has 0 unspecified atom stereocenters. The highest BCUT2D eigenvalue weighted by Gasteiger charge is 2.39. The van der Waals surface area contributed by atoms with Crippen LogP contribution in [0.3, 0.4) is 0 Å². The van der Waals surface area contributed by atoms with Gasteiger partial charge in [-0.2, -0.15) is 0 Å². The van der Waals surface area contributed by atoms with E-state index >= 15 is 0 Å². The molecule has 1 aromatic heterocycles. The van der Waals surface area contributed by atoms with Gasteiger partial charge in [0.2, 0.25) is 0 Å². The molecule has 1 aliphatic carbocycles. The summed E-state index contributed by atoms with van der Waals surface area (Å²) in [5.74, 6) is 0. The first-order valence-electron chi connectivity index (χ1n) is 15.4. The molecule has 1 heteroatoms. The van der Waals surface area contributed by atoms with Crippen LogP contribution >= 0.6 is 0 Å². The van der Waals surface area contributed by atoms with Gasteiger partial charge in [0.15, 0.2) is 0 Å². The first kappa shape index (κ1) is 24.1. The third kappa shape index (κ3) is 2.99. The van der Waals surface area contributed by atoms with Crippen LogP contribution in [0.15, 0.2) is 138 Å². The van der Waals surface area contributed by atoms with Gasteiger partial charge in [-0.25, -0.2) is 0 Å². The number of hydrogen-bond acceptors (Lipinski definition) is 1. The summed E-state index contributed by atoms with van der Waals surface area (Å²) in [6, 6.07) is 49.1. The van der Waals surface area contributed by atoms with Gasteiger partial charge in [-0.1, -0.05) is 135 Å². The molecule has 0 N–H and O–H groups in total. The molecule has 0 aliphatic heterocycles. The summed E-state index contributed by atoms with van der Waals surface area (Å²) in [7, 11) is 0. The fourth-order valence-corrected chi connectivity index (χ4v) is 8.21. The van der Waals surface area contributed by atoms with Crippen LogP contribution in [0.1, 0.15) is 25.0 Å². The Labute approximate surface area is 255 Å². The molecule has 0 spiro atoms. The summed E-state index contributed by atoms with van der Waals surface area (Å²) >= 11 is 0. The van der Waals surface area contributed by atoms with E-state index in [1.807, 2.05) is 0 Å². The van der Waals surface area contributed by atoms with Gasteiger partial charge in [-0.05, 0) is 83.4 Å². The van der Waals surface area contributed by atoms with Crippen LogP contribution in [0, 0.1) is 0 Å². The summed E-state index contributed by atoms with van der Waals surface area (Å²) in [5.41, 5.74) is 12.2. The molecular weight excluding hydrogens is 532 g/mol. The van der Waals surface area contributed by atoms with Crippen LogP contribution in [0.4, 0.5) is 0 Å². The molecular formula is C43H28O. The number of rotatable bonds is 2. The van der Waals surface area contributed by atoms with E-state index < -0.39 is 0 Å². The number of fused-ring (bicyclic) bond motifs is 6. The van der Waals surface area contributed by atoms with Crippen molar-refractivity contribution in [3.63, 3.8) is 0 Å². The number of para-hydroxylation sites is 1.